The normalized spacial score (nSPS) is 11.3. The number of benzene rings is 1. The van der Waals surface area contributed by atoms with Crippen LogP contribution in [0, 0.1) is 13.8 Å². The van der Waals surface area contributed by atoms with Crippen LogP contribution < -0.4 is 5.73 Å². The molecule has 0 unspecified atom stereocenters. The van der Waals surface area contributed by atoms with Gasteiger partial charge in [-0.05, 0) is 62.9 Å². The molecule has 120 valence electrons. The summed E-state index contributed by atoms with van der Waals surface area (Å²) in [6.45, 7) is 7.86. The van der Waals surface area contributed by atoms with Gasteiger partial charge in [0, 0.05) is 17.6 Å². The maximum absolute atomic E-state index is 11.4. The van der Waals surface area contributed by atoms with Gasteiger partial charge >= 0.3 is 5.97 Å². The first-order valence-electron chi connectivity index (χ1n) is 8.06. The predicted octanol–water partition coefficient (Wildman–Crippen LogP) is 3.65. The van der Waals surface area contributed by atoms with Crippen molar-refractivity contribution >= 4 is 16.9 Å². The second-order valence-electron chi connectivity index (χ2n) is 5.96. The summed E-state index contributed by atoms with van der Waals surface area (Å²) in [7, 11) is 0. The van der Waals surface area contributed by atoms with E-state index in [2.05, 4.69) is 18.4 Å². The number of rotatable bonds is 7. The maximum atomic E-state index is 11.4. The Kier molecular flexibility index (Phi) is 5.24. The summed E-state index contributed by atoms with van der Waals surface area (Å²) < 4.78 is 2.31. The van der Waals surface area contributed by atoms with Crippen LogP contribution in [0.25, 0.3) is 10.9 Å². The number of hydrogen-bond donors (Lipinski definition) is 2. The molecule has 0 bridgehead atoms. The van der Waals surface area contributed by atoms with Crippen molar-refractivity contribution in [3.8, 4) is 0 Å². The largest absolute Gasteiger partial charge is 0.478 e. The lowest BCUT2D eigenvalue weighted by Gasteiger charge is -2.10. The molecule has 0 aliphatic rings. The number of nitrogens with two attached hydrogens (primary N) is 1. The van der Waals surface area contributed by atoms with Crippen molar-refractivity contribution in [1.82, 2.24) is 4.57 Å². The van der Waals surface area contributed by atoms with Gasteiger partial charge in [0.25, 0.3) is 0 Å². The van der Waals surface area contributed by atoms with E-state index >= 15 is 0 Å². The Bertz CT molecular complexity index is 686. The van der Waals surface area contributed by atoms with Crippen molar-refractivity contribution in [1.29, 1.82) is 0 Å². The van der Waals surface area contributed by atoms with Gasteiger partial charge in [0.2, 0.25) is 0 Å². The highest BCUT2D eigenvalue weighted by atomic mass is 16.4. The van der Waals surface area contributed by atoms with Crippen LogP contribution in [0.15, 0.2) is 12.1 Å². The summed E-state index contributed by atoms with van der Waals surface area (Å²) in [5, 5.41) is 10.4. The SMILES string of the molecule is CCCCc1c(C)n(CCCN)c2c(C)cc(C(=O)O)cc12. The zero-order valence-corrected chi connectivity index (χ0v) is 13.8. The number of aromatic nitrogens is 1. The Morgan fingerprint density at radius 1 is 1.27 bits per heavy atom. The molecule has 0 saturated carbocycles. The molecular weight excluding hydrogens is 276 g/mol. The standard InChI is InChI=1S/C18H26N2O2/c1-4-5-7-15-13(3)20(9-6-8-19)17-12(2)10-14(18(21)22)11-16(15)17/h10-11H,4-9,19H2,1-3H3,(H,21,22). The highest BCUT2D eigenvalue weighted by molar-refractivity contribution is 5.97. The van der Waals surface area contributed by atoms with Crippen LogP contribution >= 0.6 is 0 Å². The van der Waals surface area contributed by atoms with Crippen LogP contribution in [-0.2, 0) is 13.0 Å². The second kappa shape index (κ2) is 6.97. The van der Waals surface area contributed by atoms with E-state index in [1.165, 1.54) is 16.8 Å². The molecule has 2 aromatic rings. The van der Waals surface area contributed by atoms with E-state index in [-0.39, 0.29) is 0 Å². The first-order chi connectivity index (χ1) is 10.5. The molecule has 0 atom stereocenters. The summed E-state index contributed by atoms with van der Waals surface area (Å²) in [6.07, 6.45) is 4.18. The summed E-state index contributed by atoms with van der Waals surface area (Å²) >= 11 is 0. The van der Waals surface area contributed by atoms with Crippen LogP contribution in [-0.4, -0.2) is 22.2 Å². The minimum Gasteiger partial charge on any atom is -0.478 e. The first-order valence-corrected chi connectivity index (χ1v) is 8.06. The third-order valence-electron chi connectivity index (χ3n) is 4.35. The third-order valence-corrected chi connectivity index (χ3v) is 4.35. The van der Waals surface area contributed by atoms with Gasteiger partial charge in [0.1, 0.15) is 0 Å². The van der Waals surface area contributed by atoms with E-state index in [9.17, 15) is 9.90 Å². The lowest BCUT2D eigenvalue weighted by molar-refractivity contribution is 0.0697. The van der Waals surface area contributed by atoms with Gasteiger partial charge in [-0.1, -0.05) is 13.3 Å². The lowest BCUT2D eigenvalue weighted by atomic mass is 10.0. The van der Waals surface area contributed by atoms with E-state index in [0.29, 0.717) is 12.1 Å². The minimum absolute atomic E-state index is 0.374. The molecule has 0 radical (unpaired) electrons. The van der Waals surface area contributed by atoms with Crippen molar-refractivity contribution in [3.05, 3.63) is 34.5 Å². The molecule has 3 N–H and O–H groups in total. The quantitative estimate of drug-likeness (QED) is 0.820. The highest BCUT2D eigenvalue weighted by Gasteiger charge is 2.17. The number of aryl methyl sites for hydroxylation is 3. The molecule has 0 fully saturated rings. The van der Waals surface area contributed by atoms with Gasteiger partial charge in [-0.15, -0.1) is 0 Å². The van der Waals surface area contributed by atoms with Gasteiger partial charge in [-0.3, -0.25) is 0 Å². The molecule has 1 aromatic carbocycles. The predicted molar refractivity (Wildman–Crippen MR) is 90.7 cm³/mol. The molecule has 2 rings (SSSR count). The molecule has 4 heteroatoms. The van der Waals surface area contributed by atoms with Crippen molar-refractivity contribution in [2.75, 3.05) is 6.54 Å². The van der Waals surface area contributed by atoms with Crippen LogP contribution in [0.2, 0.25) is 0 Å². The Morgan fingerprint density at radius 3 is 2.59 bits per heavy atom. The van der Waals surface area contributed by atoms with E-state index in [1.54, 1.807) is 6.07 Å². The number of aromatic carboxylic acids is 1. The highest BCUT2D eigenvalue weighted by Crippen LogP contribution is 2.31. The fraction of sp³-hybridized carbons (Fsp3) is 0.500. The Labute approximate surface area is 131 Å². The smallest absolute Gasteiger partial charge is 0.335 e. The van der Waals surface area contributed by atoms with Gasteiger partial charge in [-0.25, -0.2) is 4.79 Å². The number of carbonyl (C=O) groups is 1. The molecule has 0 aliphatic carbocycles. The fourth-order valence-corrected chi connectivity index (χ4v) is 3.21. The number of carboxylic acid groups (broad SMARTS) is 1. The van der Waals surface area contributed by atoms with E-state index in [1.807, 2.05) is 13.0 Å². The first kappa shape index (κ1) is 16.6. The average Bonchev–Trinajstić information content (AvgIpc) is 2.75. The van der Waals surface area contributed by atoms with Gasteiger partial charge < -0.3 is 15.4 Å². The van der Waals surface area contributed by atoms with E-state index < -0.39 is 5.97 Å². The molecule has 1 heterocycles. The van der Waals surface area contributed by atoms with Crippen LogP contribution in [0.5, 0.6) is 0 Å². The average molecular weight is 302 g/mol. The number of carboxylic acids is 1. The lowest BCUT2D eigenvalue weighted by Crippen LogP contribution is -2.08. The van der Waals surface area contributed by atoms with Crippen molar-refractivity contribution in [2.45, 2.75) is 53.0 Å². The van der Waals surface area contributed by atoms with Crippen LogP contribution in [0.1, 0.15) is 53.4 Å². The molecule has 22 heavy (non-hydrogen) atoms. The van der Waals surface area contributed by atoms with E-state index in [0.717, 1.165) is 43.2 Å². The molecule has 0 aliphatic heterocycles. The van der Waals surface area contributed by atoms with Crippen molar-refractivity contribution < 1.29 is 9.90 Å². The zero-order chi connectivity index (χ0) is 16.3. The Hall–Kier alpha value is -1.81. The van der Waals surface area contributed by atoms with Gasteiger partial charge in [0.15, 0.2) is 0 Å². The zero-order valence-electron chi connectivity index (χ0n) is 13.8. The Balaban J connectivity index is 2.68. The van der Waals surface area contributed by atoms with E-state index in [4.69, 9.17) is 5.73 Å². The molecule has 4 nitrogen and oxygen atoms in total. The third kappa shape index (κ3) is 3.02. The fourth-order valence-electron chi connectivity index (χ4n) is 3.21. The summed E-state index contributed by atoms with van der Waals surface area (Å²) in [4.78, 5) is 11.4. The van der Waals surface area contributed by atoms with Gasteiger partial charge in [0.05, 0.1) is 11.1 Å². The summed E-state index contributed by atoms with van der Waals surface area (Å²) in [5.41, 5.74) is 10.8. The molecule has 0 saturated heterocycles. The topological polar surface area (TPSA) is 68.2 Å². The number of hydrogen-bond acceptors (Lipinski definition) is 2. The number of nitrogens with zero attached hydrogens (tertiary/aromatic N) is 1. The monoisotopic (exact) mass is 302 g/mol. The summed E-state index contributed by atoms with van der Waals surface area (Å²) in [6, 6.07) is 3.61. The Morgan fingerprint density at radius 2 is 2.00 bits per heavy atom. The molecular formula is C18H26N2O2. The molecule has 0 spiro atoms. The number of unbranched alkanes of at least 4 members (excludes halogenated alkanes) is 1. The maximum Gasteiger partial charge on any atom is 0.335 e. The van der Waals surface area contributed by atoms with Crippen LogP contribution in [0.3, 0.4) is 0 Å². The van der Waals surface area contributed by atoms with Gasteiger partial charge in [-0.2, -0.15) is 0 Å². The molecule has 0 amide bonds. The summed E-state index contributed by atoms with van der Waals surface area (Å²) in [5.74, 6) is -0.862. The second-order valence-corrected chi connectivity index (χ2v) is 5.96. The molecule has 1 aromatic heterocycles. The van der Waals surface area contributed by atoms with Crippen LogP contribution in [0.4, 0.5) is 0 Å². The number of fused-ring (bicyclic) bond motifs is 1. The van der Waals surface area contributed by atoms with Crippen molar-refractivity contribution in [3.63, 3.8) is 0 Å². The minimum atomic E-state index is -0.862. The van der Waals surface area contributed by atoms with Crippen molar-refractivity contribution in [2.24, 2.45) is 5.73 Å².